The first kappa shape index (κ1) is 33.6. The Kier molecular flexibility index (Phi) is 9.66. The van der Waals surface area contributed by atoms with Crippen LogP contribution in [0.5, 0.6) is 0 Å². The van der Waals surface area contributed by atoms with E-state index >= 15 is 0 Å². The van der Waals surface area contributed by atoms with Crippen molar-refractivity contribution in [2.45, 2.75) is 58.1 Å². The summed E-state index contributed by atoms with van der Waals surface area (Å²) in [6.45, 7) is 9.17. The maximum Gasteiger partial charge on any atom is 0.416 e. The number of Topliss-reactive ketones (excluding diaryl/α,β-unsaturated/α-hetero) is 1. The number of carbonyl (C=O) groups is 3. The fraction of sp³-hybridized carbons (Fsp3) is 0.382. The summed E-state index contributed by atoms with van der Waals surface area (Å²) in [5, 5.41) is 0. The number of aryl methyl sites for hydroxylation is 1. The van der Waals surface area contributed by atoms with Crippen LogP contribution in [0.25, 0.3) is 11.2 Å². The maximum atomic E-state index is 13.8. The van der Waals surface area contributed by atoms with Crippen LogP contribution in [0.4, 0.5) is 15.4 Å². The molecule has 1 saturated heterocycles. The Morgan fingerprint density at radius 2 is 1.70 bits per heavy atom. The van der Waals surface area contributed by atoms with E-state index in [1.54, 1.807) is 32.9 Å². The molecule has 12 nitrogen and oxygen atoms in total. The van der Waals surface area contributed by atoms with Gasteiger partial charge in [-0.15, -0.1) is 0 Å². The molecule has 4 aromatic rings. The lowest BCUT2D eigenvalue weighted by atomic mass is 9.90. The number of nitrogens with zero attached hydrogens (tertiary/aromatic N) is 5. The van der Waals surface area contributed by atoms with Crippen molar-refractivity contribution in [2.75, 3.05) is 24.5 Å². The van der Waals surface area contributed by atoms with E-state index in [9.17, 15) is 22.8 Å². The molecule has 2 aromatic carbocycles. The zero-order valence-corrected chi connectivity index (χ0v) is 27.9. The molecule has 5 rings (SSSR count). The largest absolute Gasteiger partial charge is 0.445 e. The monoisotopic (exact) mass is 661 g/mol. The number of benzene rings is 2. The predicted molar refractivity (Wildman–Crippen MR) is 175 cm³/mol. The standard InChI is InChI=1S/C34H39N5O7S/c1-6-25-19-37(32(41)45-22-24-10-8-7-9-11-24)20-27(25)29(40)21-38(33(42)46-34(3,4)5)30-18-35-31-28(36-30)16-17-39(31)47(43,44)26-14-12-23(2)13-15-26/h7-18,25,27H,6,19-22H2,1-5H3. The molecule has 1 fully saturated rings. The van der Waals surface area contributed by atoms with Crippen LogP contribution < -0.4 is 4.90 Å². The molecule has 0 spiro atoms. The Balaban J connectivity index is 1.38. The topological polar surface area (TPSA) is 141 Å². The van der Waals surface area contributed by atoms with Gasteiger partial charge in [0.15, 0.2) is 17.2 Å². The molecule has 2 atom stereocenters. The number of anilines is 1. The minimum absolute atomic E-state index is 0.0238. The first-order chi connectivity index (χ1) is 22.3. The first-order valence-electron chi connectivity index (χ1n) is 15.4. The summed E-state index contributed by atoms with van der Waals surface area (Å²) in [6, 6.07) is 17.3. The number of amides is 2. The molecule has 1 aliphatic heterocycles. The van der Waals surface area contributed by atoms with Gasteiger partial charge < -0.3 is 14.4 Å². The predicted octanol–water partition coefficient (Wildman–Crippen LogP) is 5.58. The zero-order valence-electron chi connectivity index (χ0n) is 27.1. The number of ketones is 1. The molecule has 0 saturated carbocycles. The molecule has 13 heteroatoms. The Hall–Kier alpha value is -4.78. The van der Waals surface area contributed by atoms with Gasteiger partial charge in [0.2, 0.25) is 0 Å². The summed E-state index contributed by atoms with van der Waals surface area (Å²) in [7, 11) is -3.97. The Labute approximate surface area is 274 Å². The van der Waals surface area contributed by atoms with E-state index in [-0.39, 0.29) is 53.3 Å². The van der Waals surface area contributed by atoms with Crippen LogP contribution in [0.2, 0.25) is 0 Å². The minimum Gasteiger partial charge on any atom is -0.445 e. The van der Waals surface area contributed by atoms with E-state index in [0.29, 0.717) is 13.0 Å². The van der Waals surface area contributed by atoms with E-state index in [0.717, 1.165) is 20.0 Å². The van der Waals surface area contributed by atoms with E-state index in [1.165, 1.54) is 35.5 Å². The molecule has 3 heterocycles. The highest BCUT2D eigenvalue weighted by atomic mass is 32.2. The first-order valence-corrected chi connectivity index (χ1v) is 16.9. The summed E-state index contributed by atoms with van der Waals surface area (Å²) in [5.41, 5.74) is 1.17. The van der Waals surface area contributed by atoms with Gasteiger partial charge in [-0.2, -0.15) is 0 Å². The lowest BCUT2D eigenvalue weighted by Crippen LogP contribution is -2.43. The van der Waals surface area contributed by atoms with Crippen molar-refractivity contribution in [3.05, 3.63) is 84.2 Å². The number of rotatable bonds is 9. The summed E-state index contributed by atoms with van der Waals surface area (Å²) >= 11 is 0. The van der Waals surface area contributed by atoms with Crippen LogP contribution in [0.1, 0.15) is 45.2 Å². The highest BCUT2D eigenvalue weighted by Gasteiger charge is 2.40. The Bertz CT molecular complexity index is 1870. The molecule has 0 bridgehead atoms. The fourth-order valence-electron chi connectivity index (χ4n) is 5.46. The van der Waals surface area contributed by atoms with Gasteiger partial charge in [-0.1, -0.05) is 61.4 Å². The number of carbonyl (C=O) groups excluding carboxylic acids is 3. The van der Waals surface area contributed by atoms with Gasteiger partial charge in [0.05, 0.1) is 17.6 Å². The van der Waals surface area contributed by atoms with E-state index < -0.39 is 33.7 Å². The van der Waals surface area contributed by atoms with Crippen molar-refractivity contribution >= 4 is 45.0 Å². The fourth-order valence-corrected chi connectivity index (χ4v) is 6.76. The summed E-state index contributed by atoms with van der Waals surface area (Å²) in [4.78, 5) is 51.8. The average Bonchev–Trinajstić information content (AvgIpc) is 3.67. The second-order valence-electron chi connectivity index (χ2n) is 12.6. The average molecular weight is 662 g/mol. The molecule has 2 aromatic heterocycles. The molecule has 0 aliphatic carbocycles. The Morgan fingerprint density at radius 1 is 1.00 bits per heavy atom. The van der Waals surface area contributed by atoms with Crippen LogP contribution in [0.15, 0.2) is 78.0 Å². The summed E-state index contributed by atoms with van der Waals surface area (Å²) < 4.78 is 38.9. The highest BCUT2D eigenvalue weighted by molar-refractivity contribution is 7.90. The van der Waals surface area contributed by atoms with Crippen LogP contribution in [0, 0.1) is 18.8 Å². The van der Waals surface area contributed by atoms with E-state index in [1.807, 2.05) is 44.2 Å². The van der Waals surface area contributed by atoms with Crippen molar-refractivity contribution in [2.24, 2.45) is 11.8 Å². The molecule has 248 valence electrons. The number of likely N-dealkylation sites (tertiary alicyclic amines) is 1. The van der Waals surface area contributed by atoms with Crippen molar-refractivity contribution in [1.29, 1.82) is 0 Å². The van der Waals surface area contributed by atoms with Gasteiger partial charge in [-0.05, 0) is 57.4 Å². The molecule has 1 aliphatic rings. The molecule has 47 heavy (non-hydrogen) atoms. The van der Waals surface area contributed by atoms with Gasteiger partial charge in [-0.3, -0.25) is 9.69 Å². The molecule has 2 unspecified atom stereocenters. The number of ether oxygens (including phenoxy) is 2. The van der Waals surface area contributed by atoms with E-state index in [2.05, 4.69) is 9.97 Å². The molecule has 2 amide bonds. The highest BCUT2D eigenvalue weighted by Crippen LogP contribution is 2.29. The Morgan fingerprint density at radius 3 is 2.36 bits per heavy atom. The lowest BCUT2D eigenvalue weighted by Gasteiger charge is -2.27. The molecular formula is C34H39N5O7S. The van der Waals surface area contributed by atoms with Crippen LogP contribution >= 0.6 is 0 Å². The number of fused-ring (bicyclic) bond motifs is 1. The van der Waals surface area contributed by atoms with Gasteiger partial charge in [0.25, 0.3) is 10.0 Å². The summed E-state index contributed by atoms with van der Waals surface area (Å²) in [5.74, 6) is -0.938. The second-order valence-corrected chi connectivity index (χ2v) is 14.4. The third-order valence-electron chi connectivity index (χ3n) is 7.97. The normalized spacial score (nSPS) is 16.7. The maximum absolute atomic E-state index is 13.8. The third-order valence-corrected chi connectivity index (χ3v) is 9.65. The van der Waals surface area contributed by atoms with Crippen LogP contribution in [-0.2, 0) is 30.9 Å². The van der Waals surface area contributed by atoms with E-state index in [4.69, 9.17) is 9.47 Å². The van der Waals surface area contributed by atoms with Gasteiger partial charge in [0.1, 0.15) is 17.7 Å². The zero-order chi connectivity index (χ0) is 33.9. The minimum atomic E-state index is -3.97. The quantitative estimate of drug-likeness (QED) is 0.225. The van der Waals surface area contributed by atoms with Gasteiger partial charge in [0, 0.05) is 25.2 Å². The van der Waals surface area contributed by atoms with Crippen LogP contribution in [0.3, 0.4) is 0 Å². The van der Waals surface area contributed by atoms with Gasteiger partial charge in [-0.25, -0.2) is 31.9 Å². The number of hydrogen-bond acceptors (Lipinski definition) is 9. The van der Waals surface area contributed by atoms with Crippen molar-refractivity contribution in [3.63, 3.8) is 0 Å². The molecule has 0 radical (unpaired) electrons. The lowest BCUT2D eigenvalue weighted by molar-refractivity contribution is -0.122. The second kappa shape index (κ2) is 13.5. The van der Waals surface area contributed by atoms with Crippen LogP contribution in [-0.4, -0.2) is 70.5 Å². The summed E-state index contributed by atoms with van der Waals surface area (Å²) in [6.07, 6.45) is 1.92. The van der Waals surface area contributed by atoms with Crippen molar-refractivity contribution in [1.82, 2.24) is 18.8 Å². The van der Waals surface area contributed by atoms with Gasteiger partial charge >= 0.3 is 12.2 Å². The molecular weight excluding hydrogens is 622 g/mol. The molecule has 0 N–H and O–H groups in total. The number of aromatic nitrogens is 3. The smallest absolute Gasteiger partial charge is 0.416 e. The van der Waals surface area contributed by atoms with Crippen molar-refractivity contribution < 1.29 is 32.3 Å². The third kappa shape index (κ3) is 7.62. The number of hydrogen-bond donors (Lipinski definition) is 0. The SMILES string of the molecule is CCC1CN(C(=O)OCc2ccccc2)CC1C(=O)CN(C(=O)OC(C)(C)C)c1cnc2c(ccn2S(=O)(=O)c2ccc(C)cc2)n1. The van der Waals surface area contributed by atoms with Crippen molar-refractivity contribution in [3.8, 4) is 0 Å².